The quantitative estimate of drug-likeness (QED) is 0.577. The van der Waals surface area contributed by atoms with Gasteiger partial charge in [-0.05, 0) is 29.8 Å². The Morgan fingerprint density at radius 1 is 1.08 bits per heavy atom. The van der Waals surface area contributed by atoms with Crippen molar-refractivity contribution in [2.45, 2.75) is 11.3 Å². The van der Waals surface area contributed by atoms with E-state index in [1.165, 1.54) is 18.2 Å². The summed E-state index contributed by atoms with van der Waals surface area (Å²) in [7, 11) is -3.98. The molecule has 0 saturated heterocycles. The number of hydrazine groups is 1. The molecule has 0 spiro atoms. The van der Waals surface area contributed by atoms with E-state index in [1.807, 2.05) is 29.1 Å². The highest BCUT2D eigenvalue weighted by Crippen LogP contribution is 2.22. The molecule has 0 bridgehead atoms. The fourth-order valence-electron chi connectivity index (χ4n) is 2.36. The van der Waals surface area contributed by atoms with Crippen LogP contribution in [-0.2, 0) is 21.2 Å². The average molecular weight is 398 g/mol. The number of aromatic nitrogens is 1. The minimum atomic E-state index is -3.98. The van der Waals surface area contributed by atoms with E-state index < -0.39 is 15.9 Å². The van der Waals surface area contributed by atoms with Crippen molar-refractivity contribution in [1.29, 1.82) is 0 Å². The first kappa shape index (κ1) is 17.8. The molecule has 0 unspecified atom stereocenters. The maximum Gasteiger partial charge on any atom is 0.257 e. The van der Waals surface area contributed by atoms with Crippen molar-refractivity contribution >= 4 is 50.0 Å². The highest BCUT2D eigenvalue weighted by molar-refractivity contribution is 7.89. The van der Waals surface area contributed by atoms with Crippen molar-refractivity contribution in [2.75, 3.05) is 0 Å². The van der Waals surface area contributed by atoms with Crippen molar-refractivity contribution in [1.82, 2.24) is 15.2 Å². The highest BCUT2D eigenvalue weighted by atomic mass is 35.5. The summed E-state index contributed by atoms with van der Waals surface area (Å²) in [6, 6.07) is 11.4. The Bertz CT molecular complexity index is 1030. The van der Waals surface area contributed by atoms with Crippen molar-refractivity contribution in [3.05, 3.63) is 64.3 Å². The number of benzene rings is 2. The Labute approximate surface area is 154 Å². The number of nitrogens with one attached hydrogen (secondary N) is 3. The molecule has 0 fully saturated rings. The third kappa shape index (κ3) is 4.13. The topological polar surface area (TPSA) is 91.1 Å². The van der Waals surface area contributed by atoms with E-state index in [2.05, 4.69) is 10.4 Å². The molecule has 130 valence electrons. The lowest BCUT2D eigenvalue weighted by Gasteiger charge is -2.09. The monoisotopic (exact) mass is 397 g/mol. The van der Waals surface area contributed by atoms with Gasteiger partial charge in [0.25, 0.3) is 10.0 Å². The first-order valence-electron chi connectivity index (χ1n) is 7.17. The molecule has 0 aliphatic rings. The van der Waals surface area contributed by atoms with Crippen LogP contribution in [0.3, 0.4) is 0 Å². The standard InChI is InChI=1S/C16H13Cl2N3O3S/c17-11-6-12(18)8-13(7-11)25(23,24)21-20-16(22)5-10-9-19-15-4-2-1-3-14(10)15/h1-4,6-9,19,21H,5H2,(H,20,22). The minimum Gasteiger partial charge on any atom is -0.361 e. The molecule has 0 saturated carbocycles. The van der Waals surface area contributed by atoms with Gasteiger partial charge in [0.1, 0.15) is 0 Å². The molecule has 6 nitrogen and oxygen atoms in total. The summed E-state index contributed by atoms with van der Waals surface area (Å²) < 4.78 is 24.4. The first-order valence-corrected chi connectivity index (χ1v) is 9.41. The zero-order valence-electron chi connectivity index (χ0n) is 12.7. The minimum absolute atomic E-state index is 0.0167. The summed E-state index contributed by atoms with van der Waals surface area (Å²) in [5, 5.41) is 1.26. The number of amides is 1. The second-order valence-electron chi connectivity index (χ2n) is 5.30. The van der Waals surface area contributed by atoms with Crippen LogP contribution in [-0.4, -0.2) is 19.3 Å². The van der Waals surface area contributed by atoms with Crippen molar-refractivity contribution < 1.29 is 13.2 Å². The number of para-hydroxylation sites is 1. The fraction of sp³-hybridized carbons (Fsp3) is 0.0625. The summed E-state index contributed by atoms with van der Waals surface area (Å²) >= 11 is 11.6. The molecule has 25 heavy (non-hydrogen) atoms. The smallest absolute Gasteiger partial charge is 0.257 e. The van der Waals surface area contributed by atoms with Gasteiger partial charge in [0, 0.05) is 27.1 Å². The molecule has 3 aromatic rings. The van der Waals surface area contributed by atoms with Gasteiger partial charge in [0.05, 0.1) is 11.3 Å². The third-order valence-corrected chi connectivity index (χ3v) is 5.16. The van der Waals surface area contributed by atoms with Gasteiger partial charge in [0.15, 0.2) is 0 Å². The maximum atomic E-state index is 12.2. The Balaban J connectivity index is 1.69. The molecule has 3 rings (SSSR count). The van der Waals surface area contributed by atoms with Gasteiger partial charge >= 0.3 is 0 Å². The highest BCUT2D eigenvalue weighted by Gasteiger charge is 2.17. The molecule has 1 amide bonds. The number of sulfonamides is 1. The molecule has 3 N–H and O–H groups in total. The predicted octanol–water partition coefficient (Wildman–Crippen LogP) is 3.03. The fourth-order valence-corrected chi connectivity index (χ4v) is 3.95. The number of H-pyrrole nitrogens is 1. The Morgan fingerprint density at radius 3 is 2.48 bits per heavy atom. The molecule has 2 aromatic carbocycles. The maximum absolute atomic E-state index is 12.2. The number of rotatable bonds is 5. The van der Waals surface area contributed by atoms with E-state index in [9.17, 15) is 13.2 Å². The van der Waals surface area contributed by atoms with Crippen molar-refractivity contribution in [3.8, 4) is 0 Å². The number of halogens is 2. The summed E-state index contributed by atoms with van der Waals surface area (Å²) in [5.74, 6) is -0.499. The SMILES string of the molecule is O=C(Cc1c[nH]c2ccccc12)NNS(=O)(=O)c1cc(Cl)cc(Cl)c1. The lowest BCUT2D eigenvalue weighted by atomic mass is 10.1. The van der Waals surface area contributed by atoms with E-state index in [4.69, 9.17) is 23.2 Å². The molecule has 0 aliphatic carbocycles. The number of carbonyl (C=O) groups is 1. The van der Waals surface area contributed by atoms with E-state index in [0.717, 1.165) is 16.5 Å². The second kappa shape index (κ2) is 7.05. The second-order valence-corrected chi connectivity index (χ2v) is 7.85. The number of aromatic amines is 1. The Hall–Kier alpha value is -2.06. The molecule has 1 heterocycles. The van der Waals surface area contributed by atoms with Gasteiger partial charge in [-0.3, -0.25) is 10.2 Å². The number of hydrogen-bond acceptors (Lipinski definition) is 3. The molecular formula is C16H13Cl2N3O3S. The summed E-state index contributed by atoms with van der Waals surface area (Å²) in [5.41, 5.74) is 3.85. The van der Waals surface area contributed by atoms with Gasteiger partial charge in [-0.1, -0.05) is 41.4 Å². The largest absolute Gasteiger partial charge is 0.361 e. The van der Waals surface area contributed by atoms with Crippen LogP contribution in [0.4, 0.5) is 0 Å². The van der Waals surface area contributed by atoms with Crippen LogP contribution in [0.1, 0.15) is 5.56 Å². The molecule has 1 aromatic heterocycles. The van der Waals surface area contributed by atoms with E-state index in [0.29, 0.717) is 0 Å². The van der Waals surface area contributed by atoms with Gasteiger partial charge in [-0.25, -0.2) is 8.42 Å². The number of fused-ring (bicyclic) bond motifs is 1. The van der Waals surface area contributed by atoms with E-state index >= 15 is 0 Å². The van der Waals surface area contributed by atoms with Crippen molar-refractivity contribution in [3.63, 3.8) is 0 Å². The number of carbonyl (C=O) groups excluding carboxylic acids is 1. The van der Waals surface area contributed by atoms with Crippen LogP contribution < -0.4 is 10.3 Å². The zero-order valence-corrected chi connectivity index (χ0v) is 15.0. The normalized spacial score (nSPS) is 11.6. The molecule has 0 aliphatic heterocycles. The Morgan fingerprint density at radius 2 is 1.76 bits per heavy atom. The van der Waals surface area contributed by atoms with Crippen LogP contribution in [0, 0.1) is 0 Å². The molecule has 9 heteroatoms. The summed E-state index contributed by atoms with van der Waals surface area (Å²) in [6.45, 7) is 0. The van der Waals surface area contributed by atoms with Crippen LogP contribution in [0.25, 0.3) is 10.9 Å². The third-order valence-electron chi connectivity index (χ3n) is 3.50. The first-order chi connectivity index (χ1) is 11.8. The lowest BCUT2D eigenvalue weighted by Crippen LogP contribution is -2.42. The van der Waals surface area contributed by atoms with Crippen LogP contribution in [0.5, 0.6) is 0 Å². The molecule has 0 atom stereocenters. The Kier molecular flexibility index (Phi) is 5.01. The molecular weight excluding hydrogens is 385 g/mol. The summed E-state index contributed by atoms with van der Waals surface area (Å²) in [4.78, 5) is 17.0. The van der Waals surface area contributed by atoms with Gasteiger partial charge in [-0.2, -0.15) is 0 Å². The van der Waals surface area contributed by atoms with E-state index in [1.54, 1.807) is 6.20 Å². The van der Waals surface area contributed by atoms with Crippen LogP contribution >= 0.6 is 23.2 Å². The van der Waals surface area contributed by atoms with E-state index in [-0.39, 0.29) is 21.4 Å². The van der Waals surface area contributed by atoms with Gasteiger partial charge < -0.3 is 4.98 Å². The zero-order chi connectivity index (χ0) is 18.0. The van der Waals surface area contributed by atoms with Crippen LogP contribution in [0.2, 0.25) is 10.0 Å². The summed E-state index contributed by atoms with van der Waals surface area (Å²) in [6.07, 6.45) is 1.73. The van der Waals surface area contributed by atoms with Crippen LogP contribution in [0.15, 0.2) is 53.6 Å². The predicted molar refractivity (Wildman–Crippen MR) is 96.9 cm³/mol. The lowest BCUT2D eigenvalue weighted by molar-refractivity contribution is -0.120. The number of hydrogen-bond donors (Lipinski definition) is 3. The average Bonchev–Trinajstić information content (AvgIpc) is 2.95. The van der Waals surface area contributed by atoms with Crippen molar-refractivity contribution in [2.24, 2.45) is 0 Å². The van der Waals surface area contributed by atoms with Gasteiger partial charge in [0.2, 0.25) is 5.91 Å². The van der Waals surface area contributed by atoms with Gasteiger partial charge in [-0.15, -0.1) is 4.83 Å². The molecule has 0 radical (unpaired) electrons.